The maximum atomic E-state index is 5.31. The van der Waals surface area contributed by atoms with Gasteiger partial charge in [0.2, 0.25) is 0 Å². The van der Waals surface area contributed by atoms with Gasteiger partial charge in [0.05, 0.1) is 39.6 Å². The molecule has 0 spiro atoms. The fourth-order valence-electron chi connectivity index (χ4n) is 0.901. The SMILES string of the molecule is COCCOCC[O][AlH][O]CCOCCOC.[Na]. The van der Waals surface area contributed by atoms with E-state index in [-0.39, 0.29) is 29.6 Å². The average Bonchev–Trinajstić information content (AvgIpc) is 2.35. The van der Waals surface area contributed by atoms with E-state index in [2.05, 4.69) is 0 Å². The summed E-state index contributed by atoms with van der Waals surface area (Å²) < 4.78 is 30.7. The number of ether oxygens (including phenoxy) is 4. The van der Waals surface area contributed by atoms with Gasteiger partial charge in [-0.1, -0.05) is 0 Å². The zero-order chi connectivity index (χ0) is 12.6. The van der Waals surface area contributed by atoms with Crippen LogP contribution in [0.5, 0.6) is 0 Å². The first-order valence-corrected chi connectivity index (χ1v) is 6.86. The molecule has 0 unspecified atom stereocenters. The van der Waals surface area contributed by atoms with Crippen LogP contribution in [0.15, 0.2) is 0 Å². The van der Waals surface area contributed by atoms with Crippen LogP contribution < -0.4 is 0 Å². The smallest absolute Gasteiger partial charge is 0.479 e. The summed E-state index contributed by atoms with van der Waals surface area (Å²) in [5, 5.41) is 0. The van der Waals surface area contributed by atoms with Crippen molar-refractivity contribution in [1.29, 1.82) is 0 Å². The molecule has 0 aliphatic rings. The predicted molar refractivity (Wildman–Crippen MR) is 70.2 cm³/mol. The minimum absolute atomic E-state index is 0. The van der Waals surface area contributed by atoms with Crippen molar-refractivity contribution >= 4 is 45.4 Å². The van der Waals surface area contributed by atoms with Crippen molar-refractivity contribution < 1.29 is 26.5 Å². The van der Waals surface area contributed by atoms with Gasteiger partial charge in [-0.25, -0.2) is 0 Å². The Morgan fingerprint density at radius 3 is 1.39 bits per heavy atom. The standard InChI is InChI=1S/2C5H11O3.Al.Na.H/c2*1-7-4-5-8-3-2-6;;;/h2*2-5H2,1H3;;;/q2*-1;+2;;. The quantitative estimate of drug-likeness (QED) is 0.309. The van der Waals surface area contributed by atoms with E-state index in [1.54, 1.807) is 14.2 Å². The first-order chi connectivity index (χ1) is 8.41. The van der Waals surface area contributed by atoms with E-state index in [4.69, 9.17) is 26.5 Å². The van der Waals surface area contributed by atoms with Crippen LogP contribution >= 0.6 is 0 Å². The Hall–Kier alpha value is 1.29. The third-order valence-corrected chi connectivity index (χ3v) is 2.68. The van der Waals surface area contributed by atoms with Crippen LogP contribution in [-0.2, 0) is 26.5 Å². The number of hydrogen-bond donors (Lipinski definition) is 0. The topological polar surface area (TPSA) is 55.4 Å². The molecule has 8 heteroatoms. The molecule has 103 valence electrons. The van der Waals surface area contributed by atoms with Gasteiger partial charge in [-0.05, 0) is 0 Å². The van der Waals surface area contributed by atoms with Crippen LogP contribution in [0, 0.1) is 0 Å². The molecular weight excluding hydrogens is 266 g/mol. The summed E-state index contributed by atoms with van der Waals surface area (Å²) >= 11 is -0.890. The second kappa shape index (κ2) is 20.6. The Kier molecular flexibility index (Phi) is 24.7. The monoisotopic (exact) mass is 289 g/mol. The summed E-state index contributed by atoms with van der Waals surface area (Å²) in [6.07, 6.45) is 0. The second-order valence-corrected chi connectivity index (χ2v) is 4.20. The second-order valence-electron chi connectivity index (χ2n) is 3.14. The third kappa shape index (κ3) is 19.6. The van der Waals surface area contributed by atoms with Crippen molar-refractivity contribution in [3.8, 4) is 0 Å². The number of rotatable bonds is 14. The largest absolute Gasteiger partial charge is 0.649 e. The van der Waals surface area contributed by atoms with E-state index in [0.717, 1.165) is 0 Å². The number of hydrogen-bond acceptors (Lipinski definition) is 6. The summed E-state index contributed by atoms with van der Waals surface area (Å²) in [6.45, 7) is 4.79. The summed E-state index contributed by atoms with van der Waals surface area (Å²) in [7, 11) is 3.30. The molecule has 0 rings (SSSR count). The molecule has 18 heavy (non-hydrogen) atoms. The van der Waals surface area contributed by atoms with E-state index in [1.807, 2.05) is 0 Å². The van der Waals surface area contributed by atoms with Crippen LogP contribution in [-0.4, -0.2) is 113 Å². The number of methoxy groups -OCH3 is 2. The van der Waals surface area contributed by atoms with Crippen molar-refractivity contribution in [3.63, 3.8) is 0 Å². The van der Waals surface area contributed by atoms with Crippen molar-refractivity contribution in [2.45, 2.75) is 0 Å². The zero-order valence-electron chi connectivity index (χ0n) is 11.8. The molecule has 0 bridgehead atoms. The molecule has 0 aliphatic heterocycles. The first-order valence-electron chi connectivity index (χ1n) is 5.70. The minimum Gasteiger partial charge on any atom is -0.479 e. The minimum atomic E-state index is -0.890. The van der Waals surface area contributed by atoms with Crippen molar-refractivity contribution in [3.05, 3.63) is 0 Å². The molecule has 0 saturated carbocycles. The molecule has 0 N–H and O–H groups in total. The third-order valence-electron chi connectivity index (χ3n) is 1.77. The van der Waals surface area contributed by atoms with Gasteiger partial charge < -0.3 is 26.5 Å². The van der Waals surface area contributed by atoms with Gasteiger partial charge in [0.15, 0.2) is 0 Å². The molecular formula is C10H23AlNaO6. The fourth-order valence-corrected chi connectivity index (χ4v) is 1.49. The first kappa shape index (κ1) is 21.6. The Balaban J connectivity index is 0. The molecule has 0 saturated heterocycles. The van der Waals surface area contributed by atoms with Gasteiger partial charge in [0.1, 0.15) is 0 Å². The van der Waals surface area contributed by atoms with Gasteiger partial charge in [-0.2, -0.15) is 0 Å². The summed E-state index contributed by atoms with van der Waals surface area (Å²) in [5.74, 6) is 0. The van der Waals surface area contributed by atoms with Gasteiger partial charge in [0.25, 0.3) is 0 Å². The van der Waals surface area contributed by atoms with Gasteiger partial charge in [0, 0.05) is 57.0 Å². The maximum Gasteiger partial charge on any atom is 0.649 e. The summed E-state index contributed by atoms with van der Waals surface area (Å²) in [4.78, 5) is 0. The molecule has 0 fully saturated rings. The van der Waals surface area contributed by atoms with E-state index in [1.165, 1.54) is 0 Å². The molecule has 0 heterocycles. The molecule has 0 aromatic heterocycles. The molecule has 0 atom stereocenters. The van der Waals surface area contributed by atoms with Gasteiger partial charge >= 0.3 is 15.9 Å². The van der Waals surface area contributed by atoms with E-state index in [0.29, 0.717) is 52.9 Å². The van der Waals surface area contributed by atoms with Crippen molar-refractivity contribution in [2.75, 3.05) is 67.1 Å². The fraction of sp³-hybridized carbons (Fsp3) is 1.00. The molecule has 6 nitrogen and oxygen atoms in total. The Morgan fingerprint density at radius 2 is 1.00 bits per heavy atom. The molecule has 0 aliphatic carbocycles. The molecule has 0 amide bonds. The van der Waals surface area contributed by atoms with Crippen molar-refractivity contribution in [2.24, 2.45) is 0 Å². The van der Waals surface area contributed by atoms with Crippen molar-refractivity contribution in [1.82, 2.24) is 0 Å². The Bertz CT molecular complexity index is 130. The van der Waals surface area contributed by atoms with Crippen LogP contribution in [0.25, 0.3) is 0 Å². The Labute approximate surface area is 138 Å². The van der Waals surface area contributed by atoms with Crippen LogP contribution in [0.3, 0.4) is 0 Å². The normalized spacial score (nSPS) is 10.1. The summed E-state index contributed by atoms with van der Waals surface area (Å²) in [5.41, 5.74) is 0. The van der Waals surface area contributed by atoms with Gasteiger partial charge in [-0.15, -0.1) is 0 Å². The molecule has 1 radical (unpaired) electrons. The summed E-state index contributed by atoms with van der Waals surface area (Å²) in [6, 6.07) is 0. The van der Waals surface area contributed by atoms with Crippen LogP contribution in [0.4, 0.5) is 0 Å². The van der Waals surface area contributed by atoms with E-state index in [9.17, 15) is 0 Å². The van der Waals surface area contributed by atoms with E-state index < -0.39 is 15.9 Å². The Morgan fingerprint density at radius 1 is 0.611 bits per heavy atom. The van der Waals surface area contributed by atoms with E-state index >= 15 is 0 Å². The average molecular weight is 289 g/mol. The molecule has 0 aromatic rings. The maximum absolute atomic E-state index is 5.31. The zero-order valence-corrected chi connectivity index (χ0v) is 15.2. The van der Waals surface area contributed by atoms with Crippen LogP contribution in [0.2, 0.25) is 0 Å². The van der Waals surface area contributed by atoms with Crippen LogP contribution in [0.1, 0.15) is 0 Å². The predicted octanol–water partition coefficient (Wildman–Crippen LogP) is -0.769. The van der Waals surface area contributed by atoms with Gasteiger partial charge in [-0.3, -0.25) is 0 Å². The molecule has 0 aromatic carbocycles.